The number of anilines is 1. The minimum absolute atomic E-state index is 0.00343. The molecule has 0 aliphatic carbocycles. The summed E-state index contributed by atoms with van der Waals surface area (Å²) in [5.74, 6) is -0.233. The maximum atomic E-state index is 13.0. The van der Waals surface area contributed by atoms with Crippen LogP contribution < -0.4 is 4.90 Å². The topological polar surface area (TPSA) is 23.6 Å². The standard InChI is InChI=1S/C19H18ClFN2O/c20-16-4-1-15(2-5-16)3-10-19(24)23-13-11-22(12-14-23)18-8-6-17(21)7-9-18/h1-10H,11-14H2/b10-3+. The molecule has 0 bridgehead atoms. The van der Waals surface area contributed by atoms with Crippen molar-refractivity contribution in [3.8, 4) is 0 Å². The predicted octanol–water partition coefficient (Wildman–Crippen LogP) is 3.84. The van der Waals surface area contributed by atoms with Crippen molar-refractivity contribution in [2.45, 2.75) is 0 Å². The monoisotopic (exact) mass is 344 g/mol. The lowest BCUT2D eigenvalue weighted by Crippen LogP contribution is -2.48. The molecule has 1 amide bonds. The number of nitrogens with zero attached hydrogens (tertiary/aromatic N) is 2. The van der Waals surface area contributed by atoms with E-state index in [0.717, 1.165) is 24.3 Å². The highest BCUT2D eigenvalue weighted by Gasteiger charge is 2.19. The Hall–Kier alpha value is -2.33. The molecular formula is C19H18ClFN2O. The zero-order valence-electron chi connectivity index (χ0n) is 13.2. The highest BCUT2D eigenvalue weighted by atomic mass is 35.5. The van der Waals surface area contributed by atoms with Crippen LogP contribution in [0.25, 0.3) is 6.08 Å². The fraction of sp³-hybridized carbons (Fsp3) is 0.211. The normalized spacial score (nSPS) is 15.1. The summed E-state index contributed by atoms with van der Waals surface area (Å²) in [4.78, 5) is 16.3. The number of amides is 1. The van der Waals surface area contributed by atoms with Crippen molar-refractivity contribution in [2.75, 3.05) is 31.1 Å². The van der Waals surface area contributed by atoms with Gasteiger partial charge in [-0.2, -0.15) is 0 Å². The molecule has 1 aliphatic rings. The van der Waals surface area contributed by atoms with Crippen molar-refractivity contribution >= 4 is 29.3 Å². The quantitative estimate of drug-likeness (QED) is 0.790. The van der Waals surface area contributed by atoms with E-state index in [1.807, 2.05) is 17.0 Å². The number of carbonyl (C=O) groups is 1. The largest absolute Gasteiger partial charge is 0.368 e. The van der Waals surface area contributed by atoms with Crippen LogP contribution in [0.4, 0.5) is 10.1 Å². The fourth-order valence-corrected chi connectivity index (χ4v) is 2.81. The van der Waals surface area contributed by atoms with Crippen molar-refractivity contribution in [2.24, 2.45) is 0 Å². The summed E-state index contributed by atoms with van der Waals surface area (Å²) in [5.41, 5.74) is 1.93. The average Bonchev–Trinajstić information content (AvgIpc) is 2.62. The van der Waals surface area contributed by atoms with Crippen LogP contribution in [0.2, 0.25) is 5.02 Å². The van der Waals surface area contributed by atoms with Gasteiger partial charge in [-0.25, -0.2) is 4.39 Å². The van der Waals surface area contributed by atoms with E-state index in [2.05, 4.69) is 4.90 Å². The second-order valence-electron chi connectivity index (χ2n) is 5.67. The summed E-state index contributed by atoms with van der Waals surface area (Å²) in [5, 5.41) is 0.676. The molecular weight excluding hydrogens is 327 g/mol. The van der Waals surface area contributed by atoms with Crippen LogP contribution in [-0.2, 0) is 4.79 Å². The number of piperazine rings is 1. The number of rotatable bonds is 3. The predicted molar refractivity (Wildman–Crippen MR) is 95.7 cm³/mol. The lowest BCUT2D eigenvalue weighted by Gasteiger charge is -2.35. The van der Waals surface area contributed by atoms with Gasteiger partial charge in [-0.15, -0.1) is 0 Å². The van der Waals surface area contributed by atoms with Crippen LogP contribution in [0, 0.1) is 5.82 Å². The molecule has 1 fully saturated rings. The zero-order valence-corrected chi connectivity index (χ0v) is 13.9. The summed E-state index contributed by atoms with van der Waals surface area (Å²) in [6.45, 7) is 2.79. The molecule has 0 spiro atoms. The molecule has 5 heteroatoms. The SMILES string of the molecule is O=C(/C=C/c1ccc(Cl)cc1)N1CCN(c2ccc(F)cc2)CC1. The fourth-order valence-electron chi connectivity index (χ4n) is 2.68. The molecule has 0 atom stereocenters. The molecule has 3 rings (SSSR count). The second-order valence-corrected chi connectivity index (χ2v) is 6.11. The first-order valence-electron chi connectivity index (χ1n) is 7.85. The van der Waals surface area contributed by atoms with E-state index in [9.17, 15) is 9.18 Å². The molecule has 0 saturated carbocycles. The van der Waals surface area contributed by atoms with Crippen LogP contribution in [0.1, 0.15) is 5.56 Å². The molecule has 1 aliphatic heterocycles. The molecule has 0 aromatic heterocycles. The van der Waals surface area contributed by atoms with Crippen molar-refractivity contribution in [1.29, 1.82) is 0 Å². The molecule has 1 saturated heterocycles. The first-order chi connectivity index (χ1) is 11.6. The molecule has 24 heavy (non-hydrogen) atoms. The molecule has 2 aromatic carbocycles. The lowest BCUT2D eigenvalue weighted by atomic mass is 10.2. The van der Waals surface area contributed by atoms with Crippen molar-refractivity contribution in [3.05, 3.63) is 71.0 Å². The van der Waals surface area contributed by atoms with Gasteiger partial charge in [0.05, 0.1) is 0 Å². The number of carbonyl (C=O) groups excluding carboxylic acids is 1. The van der Waals surface area contributed by atoms with Crippen LogP contribution >= 0.6 is 11.6 Å². The number of benzene rings is 2. The highest BCUT2D eigenvalue weighted by Crippen LogP contribution is 2.17. The van der Waals surface area contributed by atoms with E-state index in [1.165, 1.54) is 12.1 Å². The smallest absolute Gasteiger partial charge is 0.246 e. The first-order valence-corrected chi connectivity index (χ1v) is 8.23. The Balaban J connectivity index is 1.55. The van der Waals surface area contributed by atoms with Crippen molar-refractivity contribution in [3.63, 3.8) is 0 Å². The van der Waals surface area contributed by atoms with Gasteiger partial charge >= 0.3 is 0 Å². The Morgan fingerprint density at radius 1 is 0.958 bits per heavy atom. The van der Waals surface area contributed by atoms with Gasteiger partial charge in [0.2, 0.25) is 5.91 Å². The molecule has 0 radical (unpaired) electrons. The Bertz CT molecular complexity index is 720. The van der Waals surface area contributed by atoms with Crippen LogP contribution in [0.5, 0.6) is 0 Å². The van der Waals surface area contributed by atoms with Crippen LogP contribution in [0.3, 0.4) is 0 Å². The summed E-state index contributed by atoms with van der Waals surface area (Å²) in [6.07, 6.45) is 3.39. The summed E-state index contributed by atoms with van der Waals surface area (Å²) >= 11 is 5.84. The highest BCUT2D eigenvalue weighted by molar-refractivity contribution is 6.30. The Morgan fingerprint density at radius 3 is 2.21 bits per heavy atom. The van der Waals surface area contributed by atoms with Gasteiger partial charge in [-0.05, 0) is 48.0 Å². The first kappa shape index (κ1) is 16.5. The zero-order chi connectivity index (χ0) is 16.9. The molecule has 2 aromatic rings. The third-order valence-electron chi connectivity index (χ3n) is 4.07. The Morgan fingerprint density at radius 2 is 1.58 bits per heavy atom. The molecule has 0 unspecified atom stereocenters. The molecule has 1 heterocycles. The number of hydrogen-bond acceptors (Lipinski definition) is 2. The van der Waals surface area contributed by atoms with E-state index >= 15 is 0 Å². The molecule has 3 nitrogen and oxygen atoms in total. The van der Waals surface area contributed by atoms with Gasteiger partial charge in [0.1, 0.15) is 5.82 Å². The maximum absolute atomic E-state index is 13.0. The van der Waals surface area contributed by atoms with Crippen LogP contribution in [0.15, 0.2) is 54.6 Å². The summed E-state index contributed by atoms with van der Waals surface area (Å²) in [6, 6.07) is 13.8. The van der Waals surface area contributed by atoms with Gasteiger partial charge in [-0.1, -0.05) is 23.7 Å². The molecule has 0 N–H and O–H groups in total. The number of hydrogen-bond donors (Lipinski definition) is 0. The molecule has 124 valence electrons. The van der Waals surface area contributed by atoms with Gasteiger partial charge in [0.25, 0.3) is 0 Å². The van der Waals surface area contributed by atoms with Gasteiger partial charge in [-0.3, -0.25) is 4.79 Å². The van der Waals surface area contributed by atoms with Crippen molar-refractivity contribution in [1.82, 2.24) is 4.90 Å². The second kappa shape index (κ2) is 7.49. The number of halogens is 2. The maximum Gasteiger partial charge on any atom is 0.246 e. The van der Waals surface area contributed by atoms with E-state index in [4.69, 9.17) is 11.6 Å². The van der Waals surface area contributed by atoms with Crippen molar-refractivity contribution < 1.29 is 9.18 Å². The third kappa shape index (κ3) is 4.15. The minimum atomic E-state index is -0.236. The van der Waals surface area contributed by atoms with Gasteiger partial charge in [0, 0.05) is 43.0 Å². The third-order valence-corrected chi connectivity index (χ3v) is 4.32. The van der Waals surface area contributed by atoms with Gasteiger partial charge in [0.15, 0.2) is 0 Å². The van der Waals surface area contributed by atoms with Crippen LogP contribution in [-0.4, -0.2) is 37.0 Å². The Labute approximate surface area is 145 Å². The van der Waals surface area contributed by atoms with E-state index in [0.29, 0.717) is 18.1 Å². The van der Waals surface area contributed by atoms with E-state index < -0.39 is 0 Å². The Kier molecular flexibility index (Phi) is 5.16. The minimum Gasteiger partial charge on any atom is -0.368 e. The lowest BCUT2D eigenvalue weighted by molar-refractivity contribution is -0.126. The van der Waals surface area contributed by atoms with E-state index in [1.54, 1.807) is 36.4 Å². The summed E-state index contributed by atoms with van der Waals surface area (Å²) < 4.78 is 13.0. The van der Waals surface area contributed by atoms with Gasteiger partial charge < -0.3 is 9.80 Å². The van der Waals surface area contributed by atoms with E-state index in [-0.39, 0.29) is 11.7 Å². The summed E-state index contributed by atoms with van der Waals surface area (Å²) in [7, 11) is 0. The average molecular weight is 345 g/mol.